The third-order valence-corrected chi connectivity index (χ3v) is 6.08. The standard InChI is InChI=1S/C22H25FN6/c1-13-8-20(26-29-11-14(2)25-22(13)29)15-9-16-12-28(27-21(16)19(23)10-15)18-6-4-17(24-3)5-7-18/h8-12,17-18,24H,4-7H2,1-3H3. The van der Waals surface area contributed by atoms with Gasteiger partial charge in [0.05, 0.1) is 23.6 Å². The lowest BCUT2D eigenvalue weighted by Gasteiger charge is -2.28. The van der Waals surface area contributed by atoms with Gasteiger partial charge in [-0.25, -0.2) is 13.9 Å². The molecule has 1 fully saturated rings. The molecule has 0 atom stereocenters. The average molecular weight is 392 g/mol. The average Bonchev–Trinajstić information content (AvgIpc) is 3.31. The maximum atomic E-state index is 14.9. The van der Waals surface area contributed by atoms with E-state index in [0.717, 1.165) is 59.2 Å². The summed E-state index contributed by atoms with van der Waals surface area (Å²) in [6.07, 6.45) is 8.24. The number of nitrogens with one attached hydrogen (secondary N) is 1. The number of nitrogens with zero attached hydrogens (tertiary/aromatic N) is 5. The Bertz CT molecular complexity index is 1200. The van der Waals surface area contributed by atoms with Gasteiger partial charge in [0.2, 0.25) is 0 Å². The number of halogens is 1. The van der Waals surface area contributed by atoms with Gasteiger partial charge < -0.3 is 5.32 Å². The normalized spacial score (nSPS) is 20.0. The van der Waals surface area contributed by atoms with Crippen molar-refractivity contribution in [1.82, 2.24) is 29.7 Å². The summed E-state index contributed by atoms with van der Waals surface area (Å²) >= 11 is 0. The third-order valence-electron chi connectivity index (χ3n) is 6.08. The molecule has 150 valence electrons. The highest BCUT2D eigenvalue weighted by atomic mass is 19.1. The van der Waals surface area contributed by atoms with Gasteiger partial charge >= 0.3 is 0 Å². The molecule has 3 aromatic heterocycles. The number of fused-ring (bicyclic) bond motifs is 2. The van der Waals surface area contributed by atoms with Crippen molar-refractivity contribution in [2.75, 3.05) is 7.05 Å². The van der Waals surface area contributed by atoms with Crippen LogP contribution in [0.3, 0.4) is 0 Å². The lowest BCUT2D eigenvalue weighted by Crippen LogP contribution is -2.31. The molecule has 6 nitrogen and oxygen atoms in total. The molecular weight excluding hydrogens is 367 g/mol. The van der Waals surface area contributed by atoms with E-state index in [0.29, 0.717) is 17.6 Å². The molecule has 0 radical (unpaired) electrons. The Labute approximate surface area is 168 Å². The fourth-order valence-corrected chi connectivity index (χ4v) is 4.46. The van der Waals surface area contributed by atoms with Crippen LogP contribution in [0.1, 0.15) is 43.0 Å². The summed E-state index contributed by atoms with van der Waals surface area (Å²) in [5.41, 5.74) is 4.67. The second-order valence-corrected chi connectivity index (χ2v) is 8.16. The Balaban J connectivity index is 1.53. The minimum absolute atomic E-state index is 0.304. The van der Waals surface area contributed by atoms with E-state index in [2.05, 4.69) is 20.5 Å². The molecule has 0 aliphatic heterocycles. The summed E-state index contributed by atoms with van der Waals surface area (Å²) < 4.78 is 18.6. The molecule has 0 spiro atoms. The van der Waals surface area contributed by atoms with Crippen LogP contribution in [0.2, 0.25) is 0 Å². The number of rotatable bonds is 3. The van der Waals surface area contributed by atoms with E-state index in [1.165, 1.54) is 6.07 Å². The molecule has 4 aromatic rings. The highest BCUT2D eigenvalue weighted by Crippen LogP contribution is 2.31. The zero-order chi connectivity index (χ0) is 20.1. The van der Waals surface area contributed by atoms with E-state index in [1.807, 2.05) is 50.1 Å². The van der Waals surface area contributed by atoms with Crippen molar-refractivity contribution in [3.05, 3.63) is 47.7 Å². The Morgan fingerprint density at radius 3 is 2.59 bits per heavy atom. The van der Waals surface area contributed by atoms with E-state index in [1.54, 1.807) is 4.52 Å². The zero-order valence-electron chi connectivity index (χ0n) is 17.0. The van der Waals surface area contributed by atoms with Gasteiger partial charge in [-0.15, -0.1) is 0 Å². The summed E-state index contributed by atoms with van der Waals surface area (Å²) in [6.45, 7) is 3.94. The van der Waals surface area contributed by atoms with Crippen molar-refractivity contribution in [2.45, 2.75) is 51.6 Å². The predicted octanol–water partition coefficient (Wildman–Crippen LogP) is 4.21. The molecular formula is C22H25FN6. The Morgan fingerprint density at radius 2 is 1.83 bits per heavy atom. The van der Waals surface area contributed by atoms with Crippen LogP contribution in [0.25, 0.3) is 27.8 Å². The first kappa shape index (κ1) is 18.2. The monoisotopic (exact) mass is 392 g/mol. The van der Waals surface area contributed by atoms with Gasteiger partial charge in [0, 0.05) is 23.2 Å². The molecule has 1 aromatic carbocycles. The van der Waals surface area contributed by atoms with Crippen LogP contribution < -0.4 is 5.32 Å². The van der Waals surface area contributed by atoms with Crippen molar-refractivity contribution in [1.29, 1.82) is 0 Å². The number of hydrogen-bond acceptors (Lipinski definition) is 4. The fourth-order valence-electron chi connectivity index (χ4n) is 4.46. The van der Waals surface area contributed by atoms with Gasteiger partial charge in [0.15, 0.2) is 11.5 Å². The molecule has 1 aliphatic carbocycles. The Morgan fingerprint density at radius 1 is 1.03 bits per heavy atom. The van der Waals surface area contributed by atoms with Crippen LogP contribution in [-0.4, -0.2) is 37.5 Å². The van der Waals surface area contributed by atoms with E-state index in [4.69, 9.17) is 0 Å². The minimum atomic E-state index is -0.304. The maximum absolute atomic E-state index is 14.9. The molecule has 0 saturated heterocycles. The van der Waals surface area contributed by atoms with Crippen molar-refractivity contribution in [3.8, 4) is 11.3 Å². The van der Waals surface area contributed by atoms with Crippen LogP contribution in [0.5, 0.6) is 0 Å². The first-order valence-electron chi connectivity index (χ1n) is 10.2. The van der Waals surface area contributed by atoms with Crippen LogP contribution in [0.4, 0.5) is 4.39 Å². The van der Waals surface area contributed by atoms with Crippen LogP contribution in [0, 0.1) is 19.7 Å². The van der Waals surface area contributed by atoms with Gasteiger partial charge in [-0.1, -0.05) is 0 Å². The first-order chi connectivity index (χ1) is 14.0. The fraction of sp³-hybridized carbons (Fsp3) is 0.409. The molecule has 0 amide bonds. The second kappa shape index (κ2) is 6.91. The third kappa shape index (κ3) is 3.19. The molecule has 29 heavy (non-hydrogen) atoms. The minimum Gasteiger partial charge on any atom is -0.317 e. The molecule has 3 heterocycles. The van der Waals surface area contributed by atoms with Gasteiger partial charge in [0.25, 0.3) is 0 Å². The van der Waals surface area contributed by atoms with E-state index in [9.17, 15) is 4.39 Å². The smallest absolute Gasteiger partial charge is 0.156 e. The van der Waals surface area contributed by atoms with Crippen LogP contribution in [0.15, 0.2) is 30.6 Å². The van der Waals surface area contributed by atoms with Gasteiger partial charge in [0.1, 0.15) is 5.52 Å². The lowest BCUT2D eigenvalue weighted by atomic mass is 9.91. The predicted molar refractivity (Wildman–Crippen MR) is 111 cm³/mol. The Kier molecular flexibility index (Phi) is 4.35. The first-order valence-corrected chi connectivity index (χ1v) is 10.2. The summed E-state index contributed by atoms with van der Waals surface area (Å²) in [5.74, 6) is -0.304. The molecule has 5 rings (SSSR count). The van der Waals surface area contributed by atoms with Gasteiger partial charge in [-0.2, -0.15) is 10.2 Å². The molecule has 1 aliphatic rings. The molecule has 1 N–H and O–H groups in total. The largest absolute Gasteiger partial charge is 0.317 e. The lowest BCUT2D eigenvalue weighted by molar-refractivity contribution is 0.285. The zero-order valence-corrected chi connectivity index (χ0v) is 17.0. The van der Waals surface area contributed by atoms with E-state index in [-0.39, 0.29) is 5.82 Å². The number of hydrogen-bond donors (Lipinski definition) is 1. The van der Waals surface area contributed by atoms with Crippen LogP contribution in [-0.2, 0) is 0 Å². The quantitative estimate of drug-likeness (QED) is 0.568. The maximum Gasteiger partial charge on any atom is 0.156 e. The van der Waals surface area contributed by atoms with Gasteiger partial charge in [-0.05, 0) is 70.3 Å². The highest BCUT2D eigenvalue weighted by molar-refractivity contribution is 5.84. The van der Waals surface area contributed by atoms with E-state index >= 15 is 0 Å². The number of benzene rings is 1. The topological polar surface area (TPSA) is 60.0 Å². The van der Waals surface area contributed by atoms with Crippen molar-refractivity contribution < 1.29 is 4.39 Å². The molecule has 0 bridgehead atoms. The molecule has 0 unspecified atom stereocenters. The van der Waals surface area contributed by atoms with Crippen molar-refractivity contribution in [2.24, 2.45) is 0 Å². The molecule has 1 saturated carbocycles. The van der Waals surface area contributed by atoms with Crippen molar-refractivity contribution in [3.63, 3.8) is 0 Å². The highest BCUT2D eigenvalue weighted by Gasteiger charge is 2.23. The number of aromatic nitrogens is 5. The van der Waals surface area contributed by atoms with E-state index < -0.39 is 0 Å². The van der Waals surface area contributed by atoms with Gasteiger partial charge in [-0.3, -0.25) is 4.68 Å². The molecule has 7 heteroatoms. The van der Waals surface area contributed by atoms with Crippen LogP contribution >= 0.6 is 0 Å². The SMILES string of the molecule is CNC1CCC(n2cc3cc(-c4cc(C)c5nc(C)cn5n4)cc(F)c3n2)CC1. The second-order valence-electron chi connectivity index (χ2n) is 8.16. The van der Waals surface area contributed by atoms with Crippen molar-refractivity contribution >= 4 is 16.6 Å². The summed E-state index contributed by atoms with van der Waals surface area (Å²) in [6, 6.07) is 6.40. The Hall–Kier alpha value is -2.80. The summed E-state index contributed by atoms with van der Waals surface area (Å²) in [4.78, 5) is 4.49. The summed E-state index contributed by atoms with van der Waals surface area (Å²) in [5, 5.41) is 13.4. The summed E-state index contributed by atoms with van der Waals surface area (Å²) in [7, 11) is 2.02. The number of imidazole rings is 1. The number of aryl methyl sites for hydroxylation is 2.